The van der Waals surface area contributed by atoms with E-state index in [4.69, 9.17) is 18.9 Å². The lowest BCUT2D eigenvalue weighted by molar-refractivity contribution is -0.315. The minimum absolute atomic E-state index is 0.0257. The molecule has 0 amide bonds. The Morgan fingerprint density at radius 3 is 2.27 bits per heavy atom. The molecule has 3 fully saturated rings. The molecule has 4 aliphatic rings. The highest BCUT2D eigenvalue weighted by Gasteiger charge is 2.81. The van der Waals surface area contributed by atoms with Crippen LogP contribution in [0.3, 0.4) is 0 Å². The van der Waals surface area contributed by atoms with Gasteiger partial charge in [-0.25, -0.2) is 0 Å². The summed E-state index contributed by atoms with van der Waals surface area (Å²) < 4.78 is 23.1. The molecule has 30 heavy (non-hydrogen) atoms. The number of halogens is 1. The van der Waals surface area contributed by atoms with Crippen molar-refractivity contribution in [2.75, 3.05) is 0 Å². The van der Waals surface area contributed by atoms with Gasteiger partial charge in [-0.3, -0.25) is 14.4 Å². The second-order valence-electron chi connectivity index (χ2n) is 8.78. The summed E-state index contributed by atoms with van der Waals surface area (Å²) in [7, 11) is 0. The van der Waals surface area contributed by atoms with Gasteiger partial charge in [0, 0.05) is 44.9 Å². The Labute approximate surface area is 181 Å². The number of ether oxygens (including phenoxy) is 4. The number of carbonyl (C=O) groups is 3. The second-order valence-corrected chi connectivity index (χ2v) is 9.96. The van der Waals surface area contributed by atoms with E-state index in [1.54, 1.807) is 0 Å². The number of rotatable bonds is 3. The van der Waals surface area contributed by atoms with E-state index < -0.39 is 52.5 Å². The molecule has 9 nitrogen and oxygen atoms in total. The predicted molar refractivity (Wildman–Crippen MR) is 103 cm³/mol. The van der Waals surface area contributed by atoms with Gasteiger partial charge in [-0.05, 0) is 12.5 Å². The van der Waals surface area contributed by atoms with Gasteiger partial charge in [-0.15, -0.1) is 0 Å². The van der Waals surface area contributed by atoms with Crippen LogP contribution in [-0.2, 0) is 33.3 Å². The molecule has 2 aliphatic heterocycles. The summed E-state index contributed by atoms with van der Waals surface area (Å²) in [4.78, 5) is 35.8. The lowest BCUT2D eigenvalue weighted by Gasteiger charge is -2.62. The molecule has 10 heteroatoms. The minimum Gasteiger partial charge on any atom is -0.456 e. The van der Waals surface area contributed by atoms with Crippen molar-refractivity contribution in [2.24, 2.45) is 0 Å². The summed E-state index contributed by atoms with van der Waals surface area (Å²) in [6.45, 7) is 3.64. The van der Waals surface area contributed by atoms with Crippen molar-refractivity contribution in [1.29, 1.82) is 0 Å². The van der Waals surface area contributed by atoms with Crippen LogP contribution >= 0.6 is 15.9 Å². The maximum Gasteiger partial charge on any atom is 0.303 e. The molecule has 0 aromatic carbocycles. The average Bonchev–Trinajstić information content (AvgIpc) is 3.05. The first-order valence-corrected chi connectivity index (χ1v) is 10.8. The first-order valence-electron chi connectivity index (χ1n) is 9.86. The Kier molecular flexibility index (Phi) is 4.89. The van der Waals surface area contributed by atoms with Crippen LogP contribution < -0.4 is 0 Å². The van der Waals surface area contributed by atoms with Gasteiger partial charge in [0.05, 0.1) is 6.10 Å². The van der Waals surface area contributed by atoms with Gasteiger partial charge in [-0.2, -0.15) is 0 Å². The topological polar surface area (TPSA) is 129 Å². The fourth-order valence-electron chi connectivity index (χ4n) is 5.93. The number of alkyl halides is 1. The third-order valence-electron chi connectivity index (χ3n) is 6.88. The SMILES string of the molecule is CC(=O)O[C@H]1C=C[C@@H](O)[C@@]2(OC(C)=O)C[C@@]34C[C@H](Br)[C@@H](C[C@]3(OC(C)=O)C[C@]12O)O4. The fraction of sp³-hybridized carbons (Fsp3) is 0.750. The largest absolute Gasteiger partial charge is 0.456 e. The molecule has 2 N–H and O–H groups in total. The Bertz CT molecular complexity index is 825. The van der Waals surface area contributed by atoms with Crippen LogP contribution in [0.15, 0.2) is 12.2 Å². The van der Waals surface area contributed by atoms with Gasteiger partial charge < -0.3 is 29.2 Å². The van der Waals surface area contributed by atoms with E-state index in [0.717, 1.165) is 0 Å². The Morgan fingerprint density at radius 2 is 1.70 bits per heavy atom. The van der Waals surface area contributed by atoms with Gasteiger partial charge in [0.1, 0.15) is 17.3 Å². The molecule has 2 bridgehead atoms. The molecule has 166 valence electrons. The summed E-state index contributed by atoms with van der Waals surface area (Å²) >= 11 is 3.59. The predicted octanol–water partition coefficient (Wildman–Crippen LogP) is 0.672. The molecule has 0 aromatic heterocycles. The maximum absolute atomic E-state index is 12.1. The summed E-state index contributed by atoms with van der Waals surface area (Å²) in [6, 6.07) is 0. The van der Waals surface area contributed by atoms with Crippen LogP contribution in [0.5, 0.6) is 0 Å². The standard InChI is InChI=1S/C20H25BrO9/c1-10(22)27-16-5-4-15(25)20(29-12(3)24)9-17-6-13(21)14(30-17)7-18(17,28-11(2)23)8-19(16,20)26/h4-5,13-16,25-26H,6-9H2,1-3H3/t13-,14+,15+,16-,17-,18-,19-,20-/m0/s1. The summed E-state index contributed by atoms with van der Waals surface area (Å²) in [5.74, 6) is -1.92. The van der Waals surface area contributed by atoms with Crippen LogP contribution in [0.1, 0.15) is 46.5 Å². The molecule has 0 radical (unpaired) electrons. The van der Waals surface area contributed by atoms with E-state index in [1.165, 1.54) is 32.9 Å². The quantitative estimate of drug-likeness (QED) is 0.255. The van der Waals surface area contributed by atoms with E-state index >= 15 is 0 Å². The van der Waals surface area contributed by atoms with E-state index in [2.05, 4.69) is 15.9 Å². The summed E-state index contributed by atoms with van der Waals surface area (Å²) in [5.41, 5.74) is -6.22. The minimum atomic E-state index is -2.05. The van der Waals surface area contributed by atoms with Crippen LogP contribution in [0.4, 0.5) is 0 Å². The molecule has 1 spiro atoms. The lowest BCUT2D eigenvalue weighted by Crippen LogP contribution is -2.80. The fourth-order valence-corrected chi connectivity index (χ4v) is 6.75. The average molecular weight is 489 g/mol. The number of hydrogen-bond donors (Lipinski definition) is 2. The molecule has 2 heterocycles. The zero-order chi connectivity index (χ0) is 22.1. The Balaban J connectivity index is 1.89. The lowest BCUT2D eigenvalue weighted by atomic mass is 9.52. The van der Waals surface area contributed by atoms with Crippen molar-refractivity contribution in [2.45, 2.75) is 92.0 Å². The summed E-state index contributed by atoms with van der Waals surface area (Å²) in [5, 5.41) is 22.9. The Morgan fingerprint density at radius 1 is 1.03 bits per heavy atom. The second kappa shape index (κ2) is 6.75. The normalized spacial score (nSPS) is 48.5. The summed E-state index contributed by atoms with van der Waals surface area (Å²) in [6.07, 6.45) is 0.184. The molecule has 2 saturated heterocycles. The third kappa shape index (κ3) is 2.80. The van der Waals surface area contributed by atoms with Crippen molar-refractivity contribution in [3.05, 3.63) is 12.2 Å². The molecule has 0 aromatic rings. The maximum atomic E-state index is 12.1. The van der Waals surface area contributed by atoms with Gasteiger partial charge in [0.15, 0.2) is 17.3 Å². The molecule has 4 rings (SSSR count). The van der Waals surface area contributed by atoms with Crippen LogP contribution in [-0.4, -0.2) is 73.7 Å². The van der Waals surface area contributed by atoms with E-state index in [-0.39, 0.29) is 23.8 Å². The van der Waals surface area contributed by atoms with Crippen molar-refractivity contribution < 1.29 is 43.5 Å². The number of aliphatic hydroxyl groups excluding tert-OH is 1. The molecule has 0 unspecified atom stereocenters. The Hall–Kier alpha value is -1.49. The third-order valence-corrected chi connectivity index (χ3v) is 7.79. The highest BCUT2D eigenvalue weighted by atomic mass is 79.9. The van der Waals surface area contributed by atoms with Gasteiger partial charge in [-0.1, -0.05) is 22.0 Å². The van der Waals surface area contributed by atoms with E-state index in [9.17, 15) is 24.6 Å². The smallest absolute Gasteiger partial charge is 0.303 e. The zero-order valence-corrected chi connectivity index (χ0v) is 18.5. The van der Waals surface area contributed by atoms with Gasteiger partial charge in [0.2, 0.25) is 0 Å². The molecular weight excluding hydrogens is 464 g/mol. The van der Waals surface area contributed by atoms with Gasteiger partial charge in [0.25, 0.3) is 0 Å². The van der Waals surface area contributed by atoms with Crippen molar-refractivity contribution in [1.82, 2.24) is 0 Å². The van der Waals surface area contributed by atoms with Crippen LogP contribution in [0.25, 0.3) is 0 Å². The monoisotopic (exact) mass is 488 g/mol. The number of esters is 3. The van der Waals surface area contributed by atoms with Crippen LogP contribution in [0.2, 0.25) is 0 Å². The number of fused-ring (bicyclic) bond motifs is 2. The van der Waals surface area contributed by atoms with Crippen molar-refractivity contribution in [3.63, 3.8) is 0 Å². The molecular formula is C20H25BrO9. The molecule has 2 aliphatic carbocycles. The van der Waals surface area contributed by atoms with E-state index in [1.807, 2.05) is 0 Å². The number of aliphatic hydroxyl groups is 2. The highest BCUT2D eigenvalue weighted by Crippen LogP contribution is 2.66. The molecule has 8 atom stereocenters. The van der Waals surface area contributed by atoms with Crippen LogP contribution in [0, 0.1) is 0 Å². The first kappa shape index (κ1) is 21.7. The van der Waals surface area contributed by atoms with Gasteiger partial charge >= 0.3 is 17.9 Å². The van der Waals surface area contributed by atoms with Crippen molar-refractivity contribution in [3.8, 4) is 0 Å². The highest BCUT2D eigenvalue weighted by molar-refractivity contribution is 9.09. The van der Waals surface area contributed by atoms with Crippen molar-refractivity contribution >= 4 is 33.8 Å². The first-order chi connectivity index (χ1) is 13.9. The zero-order valence-electron chi connectivity index (χ0n) is 16.9. The number of hydrogen-bond acceptors (Lipinski definition) is 9. The number of carbonyl (C=O) groups excluding carboxylic acids is 3. The van der Waals surface area contributed by atoms with E-state index in [0.29, 0.717) is 12.8 Å². The molecule has 1 saturated carbocycles.